The van der Waals surface area contributed by atoms with Gasteiger partial charge in [0.1, 0.15) is 12.5 Å². The number of methoxy groups -OCH3 is 3. The molecule has 2 atom stereocenters. The van der Waals surface area contributed by atoms with Gasteiger partial charge in [0.25, 0.3) is 0 Å². The molecule has 5 rings (SSSR count). The molecule has 3 aromatic rings. The minimum Gasteiger partial charge on any atom is -0.493 e. The molecule has 2 aromatic carbocycles. The molecule has 0 amide bonds. The molecule has 148 valence electrons. The summed E-state index contributed by atoms with van der Waals surface area (Å²) in [6.45, 7) is 0.215. The largest absolute Gasteiger partial charge is 0.493 e. The fraction of sp³-hybridized carbons (Fsp3) is 0.273. The molecule has 2 unspecified atom stereocenters. The van der Waals surface area contributed by atoms with Gasteiger partial charge in [0, 0.05) is 17.7 Å². The number of hydrogen-bond acceptors (Lipinski definition) is 6. The van der Waals surface area contributed by atoms with Gasteiger partial charge in [-0.1, -0.05) is 6.07 Å². The summed E-state index contributed by atoms with van der Waals surface area (Å²) in [5.74, 6) is 0.546. The molecule has 1 saturated heterocycles. The molecule has 0 spiro atoms. The van der Waals surface area contributed by atoms with Gasteiger partial charge < -0.3 is 23.9 Å². The number of ether oxygens (including phenoxy) is 4. The van der Waals surface area contributed by atoms with Crippen LogP contribution in [0.15, 0.2) is 41.5 Å². The molecule has 0 aliphatic carbocycles. The van der Waals surface area contributed by atoms with E-state index in [2.05, 4.69) is 4.98 Å². The van der Waals surface area contributed by atoms with Crippen LogP contribution < -0.4 is 14.2 Å². The number of cyclic esters (lactones) is 1. The summed E-state index contributed by atoms with van der Waals surface area (Å²) in [7, 11) is 4.73. The summed E-state index contributed by atoms with van der Waals surface area (Å²) >= 11 is 0. The molecule has 2 aliphatic heterocycles. The van der Waals surface area contributed by atoms with Gasteiger partial charge in [0.15, 0.2) is 11.5 Å². The molecule has 7 heteroatoms. The lowest BCUT2D eigenvalue weighted by Crippen LogP contribution is -2.28. The third kappa shape index (κ3) is 2.50. The maximum absolute atomic E-state index is 12.7. The number of nitrogens with one attached hydrogen (secondary N) is 1. The van der Waals surface area contributed by atoms with Crippen LogP contribution in [0.5, 0.6) is 17.2 Å². The number of fused-ring (bicyclic) bond motifs is 4. The highest BCUT2D eigenvalue weighted by atomic mass is 16.5. The highest BCUT2D eigenvalue weighted by Crippen LogP contribution is 2.50. The van der Waals surface area contributed by atoms with Crippen molar-refractivity contribution < 1.29 is 23.7 Å². The van der Waals surface area contributed by atoms with Crippen LogP contribution in [0.4, 0.5) is 5.69 Å². The van der Waals surface area contributed by atoms with Crippen molar-refractivity contribution in [3.05, 3.63) is 47.7 Å². The first-order valence-electron chi connectivity index (χ1n) is 9.30. The Bertz CT molecular complexity index is 1140. The zero-order valence-electron chi connectivity index (χ0n) is 16.3. The maximum Gasteiger partial charge on any atom is 0.316 e. The van der Waals surface area contributed by atoms with Crippen LogP contribution in [-0.4, -0.2) is 44.6 Å². The first-order chi connectivity index (χ1) is 14.2. The number of aliphatic imine (C=N–C) groups is 1. The van der Waals surface area contributed by atoms with Crippen molar-refractivity contribution >= 4 is 28.3 Å². The highest BCUT2D eigenvalue weighted by Gasteiger charge is 2.45. The van der Waals surface area contributed by atoms with Crippen LogP contribution in [0.2, 0.25) is 0 Å². The molecule has 29 heavy (non-hydrogen) atoms. The second-order valence-electron chi connectivity index (χ2n) is 7.07. The number of carbonyl (C=O) groups is 1. The zero-order valence-corrected chi connectivity index (χ0v) is 16.3. The minimum absolute atomic E-state index is 0.215. The Morgan fingerprint density at radius 3 is 2.48 bits per heavy atom. The molecule has 1 aromatic heterocycles. The Morgan fingerprint density at radius 2 is 1.79 bits per heavy atom. The number of benzene rings is 2. The summed E-state index contributed by atoms with van der Waals surface area (Å²) in [5.41, 5.74) is 4.38. The van der Waals surface area contributed by atoms with Crippen molar-refractivity contribution in [2.75, 3.05) is 27.9 Å². The standard InChI is InChI=1S/C22H20N2O5/c1-26-15-8-12(9-16(27-2)21(15)28-3)17-18-13(5-4-11-6-7-23-20(11)18)24-14-10-29-22(25)19(14)17/h4-9,17,19,23H,10H2,1-3H3. The Morgan fingerprint density at radius 1 is 1.03 bits per heavy atom. The van der Waals surface area contributed by atoms with Crippen molar-refractivity contribution in [1.82, 2.24) is 4.98 Å². The minimum atomic E-state index is -0.487. The fourth-order valence-corrected chi connectivity index (χ4v) is 4.40. The van der Waals surface area contributed by atoms with E-state index in [1.807, 2.05) is 36.5 Å². The van der Waals surface area contributed by atoms with Gasteiger partial charge in [-0.2, -0.15) is 0 Å². The number of rotatable bonds is 4. The van der Waals surface area contributed by atoms with E-state index in [1.165, 1.54) is 0 Å². The molecule has 0 bridgehead atoms. The normalized spacial score (nSPS) is 20.0. The van der Waals surface area contributed by atoms with Crippen LogP contribution in [0, 0.1) is 5.92 Å². The Hall–Kier alpha value is -3.48. The quantitative estimate of drug-likeness (QED) is 0.686. The highest BCUT2D eigenvalue weighted by molar-refractivity contribution is 6.12. The molecular formula is C22H20N2O5. The molecular weight excluding hydrogens is 372 g/mol. The van der Waals surface area contributed by atoms with Crippen molar-refractivity contribution in [2.45, 2.75) is 5.92 Å². The topological polar surface area (TPSA) is 82.1 Å². The van der Waals surface area contributed by atoms with Gasteiger partial charge in [0.05, 0.1) is 38.2 Å². The Labute approximate surface area is 167 Å². The van der Waals surface area contributed by atoms with Crippen LogP contribution in [0.25, 0.3) is 10.9 Å². The summed E-state index contributed by atoms with van der Waals surface area (Å²) < 4.78 is 21.9. The van der Waals surface area contributed by atoms with Crippen molar-refractivity contribution in [2.24, 2.45) is 10.9 Å². The monoisotopic (exact) mass is 392 g/mol. The first kappa shape index (κ1) is 17.6. The average Bonchev–Trinajstić information content (AvgIpc) is 3.37. The van der Waals surface area contributed by atoms with E-state index in [0.29, 0.717) is 17.2 Å². The number of esters is 1. The van der Waals surface area contributed by atoms with Gasteiger partial charge in [-0.25, -0.2) is 0 Å². The third-order valence-electron chi connectivity index (χ3n) is 5.68. The second kappa shape index (κ2) is 6.55. The Balaban J connectivity index is 1.81. The molecule has 1 N–H and O–H groups in total. The van der Waals surface area contributed by atoms with Crippen LogP contribution in [0.1, 0.15) is 17.0 Å². The van der Waals surface area contributed by atoms with Crippen LogP contribution in [-0.2, 0) is 9.53 Å². The molecule has 1 fully saturated rings. The summed E-state index contributed by atoms with van der Waals surface area (Å²) in [6.07, 6.45) is 1.89. The van der Waals surface area contributed by atoms with Crippen molar-refractivity contribution in [3.63, 3.8) is 0 Å². The lowest BCUT2D eigenvalue weighted by atomic mass is 9.76. The van der Waals surface area contributed by atoms with Crippen molar-refractivity contribution in [3.8, 4) is 17.2 Å². The van der Waals surface area contributed by atoms with Gasteiger partial charge in [-0.05, 0) is 35.2 Å². The van der Waals surface area contributed by atoms with E-state index in [-0.39, 0.29) is 18.5 Å². The summed E-state index contributed by atoms with van der Waals surface area (Å²) in [4.78, 5) is 20.8. The predicted molar refractivity (Wildman–Crippen MR) is 108 cm³/mol. The van der Waals surface area contributed by atoms with Crippen LogP contribution >= 0.6 is 0 Å². The summed E-state index contributed by atoms with van der Waals surface area (Å²) in [5, 5.41) is 1.06. The molecule has 3 heterocycles. The number of hydrogen-bond donors (Lipinski definition) is 1. The van der Waals surface area contributed by atoms with Crippen molar-refractivity contribution in [1.29, 1.82) is 0 Å². The van der Waals surface area contributed by atoms with E-state index in [9.17, 15) is 4.79 Å². The number of H-pyrrole nitrogens is 1. The fourth-order valence-electron chi connectivity index (χ4n) is 4.40. The average molecular weight is 392 g/mol. The maximum atomic E-state index is 12.7. The number of carbonyl (C=O) groups excluding carboxylic acids is 1. The molecule has 7 nitrogen and oxygen atoms in total. The number of aromatic amines is 1. The third-order valence-corrected chi connectivity index (χ3v) is 5.68. The van der Waals surface area contributed by atoms with Gasteiger partial charge in [-0.15, -0.1) is 0 Å². The summed E-state index contributed by atoms with van der Waals surface area (Å²) in [6, 6.07) is 9.81. The lowest BCUT2D eigenvalue weighted by molar-refractivity contribution is -0.141. The van der Waals surface area contributed by atoms with E-state index < -0.39 is 5.92 Å². The van der Waals surface area contributed by atoms with Crippen LogP contribution in [0.3, 0.4) is 0 Å². The van der Waals surface area contributed by atoms with Gasteiger partial charge >= 0.3 is 5.97 Å². The molecule has 0 saturated carbocycles. The Kier molecular flexibility index (Phi) is 3.97. The van der Waals surface area contributed by atoms with E-state index >= 15 is 0 Å². The van der Waals surface area contributed by atoms with E-state index in [0.717, 1.165) is 33.4 Å². The van der Waals surface area contributed by atoms with E-state index in [1.54, 1.807) is 21.3 Å². The van der Waals surface area contributed by atoms with E-state index in [4.69, 9.17) is 23.9 Å². The van der Waals surface area contributed by atoms with Gasteiger partial charge in [0.2, 0.25) is 5.75 Å². The second-order valence-corrected chi connectivity index (χ2v) is 7.07. The molecule has 0 radical (unpaired) electrons. The predicted octanol–water partition coefficient (Wildman–Crippen LogP) is 3.58. The SMILES string of the molecule is COc1cc(C2c3c(ccc4cc[nH]c34)N=C3COC(=O)C32)cc(OC)c1OC. The zero-order chi connectivity index (χ0) is 20.1. The lowest BCUT2D eigenvalue weighted by Gasteiger charge is -2.29. The van der Waals surface area contributed by atoms with Gasteiger partial charge in [-0.3, -0.25) is 9.79 Å². The number of nitrogens with zero attached hydrogens (tertiary/aromatic N) is 1. The molecule has 2 aliphatic rings. The smallest absolute Gasteiger partial charge is 0.316 e. The first-order valence-corrected chi connectivity index (χ1v) is 9.30. The number of aromatic nitrogens is 1.